The maximum Gasteiger partial charge on any atom is 0.133 e. The minimum atomic E-state index is 0.525. The Bertz CT molecular complexity index is 866. The molecular formula is C16H13Cl2N3S. The van der Waals surface area contributed by atoms with Gasteiger partial charge in [0.1, 0.15) is 11.5 Å². The van der Waals surface area contributed by atoms with Crippen molar-refractivity contribution in [3.8, 4) is 16.3 Å². The minimum absolute atomic E-state index is 0.525. The number of hydrogen-bond donors (Lipinski definition) is 1. The lowest BCUT2D eigenvalue weighted by Gasteiger charge is -2.09. The van der Waals surface area contributed by atoms with Crippen LogP contribution in [0.5, 0.6) is 0 Å². The normalized spacial score (nSPS) is 13.2. The Morgan fingerprint density at radius 3 is 2.95 bits per heavy atom. The number of fused-ring (bicyclic) bond motifs is 1. The highest BCUT2D eigenvalue weighted by molar-refractivity contribution is 7.13. The molecule has 0 spiro atoms. The van der Waals surface area contributed by atoms with Crippen LogP contribution in [0.25, 0.3) is 16.3 Å². The molecule has 0 saturated heterocycles. The molecule has 0 bridgehead atoms. The van der Waals surface area contributed by atoms with Crippen molar-refractivity contribution in [3.63, 3.8) is 0 Å². The van der Waals surface area contributed by atoms with Gasteiger partial charge in [-0.15, -0.1) is 11.3 Å². The van der Waals surface area contributed by atoms with Crippen LogP contribution in [0.3, 0.4) is 0 Å². The van der Waals surface area contributed by atoms with Crippen molar-refractivity contribution >= 4 is 40.4 Å². The van der Waals surface area contributed by atoms with E-state index in [1.54, 1.807) is 17.4 Å². The molecule has 0 radical (unpaired) electrons. The average Bonchev–Trinajstić information content (AvgIpc) is 3.18. The number of anilines is 1. The van der Waals surface area contributed by atoms with Crippen molar-refractivity contribution in [3.05, 3.63) is 50.8 Å². The maximum atomic E-state index is 6.37. The summed E-state index contributed by atoms with van der Waals surface area (Å²) in [7, 11) is 0. The summed E-state index contributed by atoms with van der Waals surface area (Å²) in [6.07, 6.45) is 0.972. The fourth-order valence-electron chi connectivity index (χ4n) is 2.76. The first kappa shape index (κ1) is 14.1. The van der Waals surface area contributed by atoms with E-state index < -0.39 is 0 Å². The van der Waals surface area contributed by atoms with Crippen LogP contribution in [0.15, 0.2) is 29.6 Å². The highest BCUT2D eigenvalue weighted by Gasteiger charge is 2.25. The third kappa shape index (κ3) is 2.14. The van der Waals surface area contributed by atoms with E-state index in [-0.39, 0.29) is 0 Å². The Balaban J connectivity index is 1.93. The van der Waals surface area contributed by atoms with E-state index in [0.29, 0.717) is 10.0 Å². The zero-order valence-electron chi connectivity index (χ0n) is 11.9. The van der Waals surface area contributed by atoms with Crippen molar-refractivity contribution in [1.29, 1.82) is 0 Å². The molecule has 1 aliphatic heterocycles. The van der Waals surface area contributed by atoms with Crippen molar-refractivity contribution in [2.75, 3.05) is 11.9 Å². The quantitative estimate of drug-likeness (QED) is 0.690. The predicted molar refractivity (Wildman–Crippen MR) is 93.8 cm³/mol. The van der Waals surface area contributed by atoms with Gasteiger partial charge in [0.15, 0.2) is 0 Å². The van der Waals surface area contributed by atoms with Crippen molar-refractivity contribution in [2.45, 2.75) is 13.3 Å². The van der Waals surface area contributed by atoms with Crippen molar-refractivity contribution in [2.24, 2.45) is 0 Å². The number of aryl methyl sites for hydroxylation is 1. The van der Waals surface area contributed by atoms with Crippen LogP contribution in [0.4, 0.5) is 5.82 Å². The van der Waals surface area contributed by atoms with E-state index in [0.717, 1.165) is 30.2 Å². The first-order valence-corrected chi connectivity index (χ1v) is 8.64. The number of benzene rings is 1. The van der Waals surface area contributed by atoms with E-state index in [9.17, 15) is 0 Å². The number of rotatable bonds is 2. The monoisotopic (exact) mass is 349 g/mol. The molecule has 22 heavy (non-hydrogen) atoms. The van der Waals surface area contributed by atoms with Crippen LogP contribution < -0.4 is 5.32 Å². The molecule has 0 unspecified atom stereocenters. The van der Waals surface area contributed by atoms with E-state index in [1.165, 1.54) is 16.0 Å². The first-order chi connectivity index (χ1) is 10.6. The van der Waals surface area contributed by atoms with Gasteiger partial charge in [0, 0.05) is 12.1 Å². The zero-order valence-corrected chi connectivity index (χ0v) is 14.2. The van der Waals surface area contributed by atoms with Gasteiger partial charge in [0.05, 0.1) is 20.6 Å². The van der Waals surface area contributed by atoms with Crippen LogP contribution in [-0.4, -0.2) is 16.3 Å². The Labute approximate surface area is 142 Å². The number of aromatic nitrogens is 2. The molecular weight excluding hydrogens is 337 g/mol. The molecule has 0 aliphatic carbocycles. The first-order valence-electron chi connectivity index (χ1n) is 7.01. The summed E-state index contributed by atoms with van der Waals surface area (Å²) in [5.41, 5.74) is 4.35. The van der Waals surface area contributed by atoms with Gasteiger partial charge in [-0.05, 0) is 42.5 Å². The van der Waals surface area contributed by atoms with Crippen molar-refractivity contribution in [1.82, 2.24) is 9.78 Å². The molecule has 1 aliphatic rings. The summed E-state index contributed by atoms with van der Waals surface area (Å²) >= 11 is 14.2. The van der Waals surface area contributed by atoms with Gasteiger partial charge in [-0.3, -0.25) is 0 Å². The highest BCUT2D eigenvalue weighted by atomic mass is 35.5. The van der Waals surface area contributed by atoms with E-state index in [4.69, 9.17) is 28.3 Å². The van der Waals surface area contributed by atoms with Crippen LogP contribution >= 0.6 is 34.5 Å². The minimum Gasteiger partial charge on any atom is -0.369 e. The molecule has 6 heteroatoms. The van der Waals surface area contributed by atoms with Crippen molar-refractivity contribution < 1.29 is 0 Å². The molecule has 0 fully saturated rings. The molecule has 3 aromatic rings. The van der Waals surface area contributed by atoms with Gasteiger partial charge in [-0.2, -0.15) is 5.10 Å². The maximum absolute atomic E-state index is 6.37. The Hall–Kier alpha value is -1.49. The van der Waals surface area contributed by atoms with Crippen LogP contribution in [0.2, 0.25) is 10.0 Å². The van der Waals surface area contributed by atoms with Crippen LogP contribution in [-0.2, 0) is 6.42 Å². The number of halogens is 2. The number of nitrogens with one attached hydrogen (secondary N) is 1. The predicted octanol–water partition coefficient (Wildman–Crippen LogP) is 5.18. The second-order valence-corrected chi connectivity index (χ2v) is 7.02. The van der Waals surface area contributed by atoms with Gasteiger partial charge in [0.2, 0.25) is 0 Å². The molecule has 4 rings (SSSR count). The second kappa shape index (κ2) is 5.30. The van der Waals surface area contributed by atoms with Gasteiger partial charge in [-0.1, -0.05) is 29.3 Å². The molecule has 112 valence electrons. The largest absolute Gasteiger partial charge is 0.369 e. The third-order valence-corrected chi connectivity index (χ3v) is 5.64. The number of hydrogen-bond acceptors (Lipinski definition) is 3. The Kier molecular flexibility index (Phi) is 3.40. The zero-order chi connectivity index (χ0) is 15.3. The summed E-state index contributed by atoms with van der Waals surface area (Å²) in [5.74, 6) is 1.02. The molecule has 0 saturated carbocycles. The van der Waals surface area contributed by atoms with Crippen LogP contribution in [0, 0.1) is 6.92 Å². The van der Waals surface area contributed by atoms with Gasteiger partial charge in [-0.25, -0.2) is 4.68 Å². The summed E-state index contributed by atoms with van der Waals surface area (Å²) in [6, 6.07) is 7.79. The fourth-order valence-corrected chi connectivity index (χ4v) is 4.04. The molecule has 0 amide bonds. The summed E-state index contributed by atoms with van der Waals surface area (Å²) in [4.78, 5) is 1.19. The van der Waals surface area contributed by atoms with Gasteiger partial charge < -0.3 is 5.32 Å². The van der Waals surface area contributed by atoms with E-state index in [1.807, 2.05) is 16.8 Å². The lowest BCUT2D eigenvalue weighted by atomic mass is 10.1. The molecule has 3 heterocycles. The van der Waals surface area contributed by atoms with Gasteiger partial charge >= 0.3 is 0 Å². The Morgan fingerprint density at radius 1 is 1.32 bits per heavy atom. The topological polar surface area (TPSA) is 29.9 Å². The Morgan fingerprint density at radius 2 is 2.18 bits per heavy atom. The van der Waals surface area contributed by atoms with E-state index in [2.05, 4.69) is 23.7 Å². The molecule has 2 aromatic heterocycles. The molecule has 0 atom stereocenters. The van der Waals surface area contributed by atoms with E-state index >= 15 is 0 Å². The van der Waals surface area contributed by atoms with Crippen LogP contribution in [0.1, 0.15) is 11.1 Å². The molecule has 3 nitrogen and oxygen atoms in total. The molecule has 1 aromatic carbocycles. The number of nitrogens with zero attached hydrogens (tertiary/aromatic N) is 2. The lowest BCUT2D eigenvalue weighted by molar-refractivity contribution is 0.883. The SMILES string of the molecule is Cc1csc(-c2nn(-c3cccc(Cl)c3Cl)c3c2CCN3)c1. The fraction of sp³-hybridized carbons (Fsp3) is 0.188. The summed E-state index contributed by atoms with van der Waals surface area (Å²) < 4.78 is 1.88. The number of thiophene rings is 1. The standard InChI is InChI=1S/C16H13Cl2N3S/c1-9-7-13(22-8-9)15-10-5-6-19-16(10)21(20-15)12-4-2-3-11(17)14(12)18/h2-4,7-8,19H,5-6H2,1H3. The second-order valence-electron chi connectivity index (χ2n) is 5.33. The van der Waals surface area contributed by atoms with Gasteiger partial charge in [0.25, 0.3) is 0 Å². The molecule has 1 N–H and O–H groups in total. The third-order valence-electron chi connectivity index (χ3n) is 3.77. The summed E-state index contributed by atoms with van der Waals surface area (Å²) in [5, 5.41) is 11.4. The highest BCUT2D eigenvalue weighted by Crippen LogP contribution is 2.39. The summed E-state index contributed by atoms with van der Waals surface area (Å²) in [6.45, 7) is 3.02. The average molecular weight is 350 g/mol. The smallest absolute Gasteiger partial charge is 0.133 e. The lowest BCUT2D eigenvalue weighted by Crippen LogP contribution is -2.04.